The van der Waals surface area contributed by atoms with Crippen LogP contribution in [0.3, 0.4) is 0 Å². The monoisotopic (exact) mass is 231 g/mol. The topological polar surface area (TPSA) is 61.7 Å². The molecule has 0 saturated heterocycles. The molecule has 0 aliphatic heterocycles. The first-order valence-electron chi connectivity index (χ1n) is 4.82. The van der Waals surface area contributed by atoms with Crippen LogP contribution in [0.2, 0.25) is 0 Å². The molecule has 2 atom stereocenters. The highest BCUT2D eigenvalue weighted by atomic mass is 32.1. The molecule has 0 fully saturated rings. The fraction of sp³-hybridized carbons (Fsp3) is 0.600. The van der Waals surface area contributed by atoms with E-state index in [0.717, 1.165) is 4.88 Å². The van der Waals surface area contributed by atoms with E-state index in [2.05, 4.69) is 5.32 Å². The van der Waals surface area contributed by atoms with Crippen LogP contribution in [0, 0.1) is 0 Å². The average Bonchev–Trinajstić information content (AvgIpc) is 2.77. The molecule has 1 aromatic rings. The van der Waals surface area contributed by atoms with Crippen molar-refractivity contribution in [1.29, 1.82) is 0 Å². The molecule has 5 heteroatoms. The number of aliphatic hydroxyl groups is 2. The Hall–Kier alpha value is -0.460. The summed E-state index contributed by atoms with van der Waals surface area (Å²) in [7, 11) is 1.58. The van der Waals surface area contributed by atoms with E-state index >= 15 is 0 Å². The zero-order chi connectivity index (χ0) is 11.1. The number of nitrogens with one attached hydrogen (secondary N) is 1. The summed E-state index contributed by atoms with van der Waals surface area (Å²) < 4.78 is 4.92. The zero-order valence-corrected chi connectivity index (χ0v) is 9.54. The molecule has 86 valence electrons. The predicted molar refractivity (Wildman–Crippen MR) is 60.0 cm³/mol. The highest BCUT2D eigenvalue weighted by molar-refractivity contribution is 7.10. The lowest BCUT2D eigenvalue weighted by Gasteiger charge is -2.17. The van der Waals surface area contributed by atoms with Gasteiger partial charge in [-0.05, 0) is 11.4 Å². The maximum absolute atomic E-state index is 9.75. The van der Waals surface area contributed by atoms with Gasteiger partial charge in [-0.15, -0.1) is 11.3 Å². The van der Waals surface area contributed by atoms with E-state index in [0.29, 0.717) is 13.2 Å². The van der Waals surface area contributed by atoms with E-state index in [1.807, 2.05) is 17.5 Å². The smallest absolute Gasteiger partial charge is 0.101 e. The minimum absolute atomic E-state index is 0.00496. The Morgan fingerprint density at radius 2 is 2.40 bits per heavy atom. The number of ether oxygens (including phenoxy) is 1. The van der Waals surface area contributed by atoms with Crippen molar-refractivity contribution < 1.29 is 14.9 Å². The fourth-order valence-electron chi connectivity index (χ4n) is 1.24. The Morgan fingerprint density at radius 3 is 2.93 bits per heavy atom. The molecule has 0 spiro atoms. The largest absolute Gasteiger partial charge is 0.395 e. The van der Waals surface area contributed by atoms with Crippen LogP contribution in [0.4, 0.5) is 0 Å². The quantitative estimate of drug-likeness (QED) is 0.635. The normalized spacial score (nSPS) is 15.1. The maximum Gasteiger partial charge on any atom is 0.101 e. The molecule has 0 saturated carbocycles. The number of hydrogen-bond acceptors (Lipinski definition) is 5. The van der Waals surface area contributed by atoms with Crippen molar-refractivity contribution in [2.75, 3.05) is 26.9 Å². The van der Waals surface area contributed by atoms with Gasteiger partial charge < -0.3 is 20.3 Å². The van der Waals surface area contributed by atoms with E-state index in [4.69, 9.17) is 9.84 Å². The Bertz CT molecular complexity index is 253. The first-order valence-corrected chi connectivity index (χ1v) is 5.70. The van der Waals surface area contributed by atoms with Gasteiger partial charge in [-0.1, -0.05) is 6.07 Å². The molecule has 0 aliphatic rings. The molecule has 0 aliphatic carbocycles. The Kier molecular flexibility index (Phi) is 5.82. The van der Waals surface area contributed by atoms with Crippen LogP contribution >= 0.6 is 11.3 Å². The predicted octanol–water partition coefficient (Wildman–Crippen LogP) is 0.378. The molecule has 1 aromatic heterocycles. The average molecular weight is 231 g/mol. The van der Waals surface area contributed by atoms with Crippen molar-refractivity contribution in [3.63, 3.8) is 0 Å². The summed E-state index contributed by atoms with van der Waals surface area (Å²) in [6.07, 6.45) is -0.518. The van der Waals surface area contributed by atoms with Gasteiger partial charge in [0.25, 0.3) is 0 Å². The molecule has 3 N–H and O–H groups in total. The van der Waals surface area contributed by atoms with E-state index in [1.54, 1.807) is 7.11 Å². The highest BCUT2D eigenvalue weighted by Crippen LogP contribution is 2.17. The molecule has 2 unspecified atom stereocenters. The van der Waals surface area contributed by atoms with Crippen LogP contribution < -0.4 is 5.32 Å². The van der Waals surface area contributed by atoms with Crippen molar-refractivity contribution in [1.82, 2.24) is 5.32 Å². The minimum atomic E-state index is -0.518. The molecule has 1 heterocycles. The van der Waals surface area contributed by atoms with Gasteiger partial charge >= 0.3 is 0 Å². The maximum atomic E-state index is 9.75. The van der Waals surface area contributed by atoms with Gasteiger partial charge in [0.15, 0.2) is 0 Å². The molecule has 1 rings (SSSR count). The van der Waals surface area contributed by atoms with Gasteiger partial charge in [0.2, 0.25) is 0 Å². The van der Waals surface area contributed by atoms with Gasteiger partial charge in [-0.2, -0.15) is 0 Å². The fourth-order valence-corrected chi connectivity index (χ4v) is 1.95. The number of hydrogen-bond donors (Lipinski definition) is 3. The van der Waals surface area contributed by atoms with Crippen LogP contribution in [0.25, 0.3) is 0 Å². The van der Waals surface area contributed by atoms with E-state index < -0.39 is 6.10 Å². The molecule has 4 nitrogen and oxygen atoms in total. The summed E-state index contributed by atoms with van der Waals surface area (Å²) in [4.78, 5) is 0.927. The third kappa shape index (κ3) is 4.27. The van der Waals surface area contributed by atoms with Crippen molar-refractivity contribution in [2.45, 2.75) is 12.1 Å². The first kappa shape index (κ1) is 12.6. The molecule has 0 amide bonds. The van der Waals surface area contributed by atoms with Gasteiger partial charge in [0, 0.05) is 18.5 Å². The molecule has 15 heavy (non-hydrogen) atoms. The van der Waals surface area contributed by atoms with Gasteiger partial charge in [-0.3, -0.25) is 0 Å². The SMILES string of the molecule is COCC(CO)NCC(O)c1cccs1. The van der Waals surface area contributed by atoms with Gasteiger partial charge in [0.05, 0.1) is 19.3 Å². The summed E-state index contributed by atoms with van der Waals surface area (Å²) >= 11 is 1.52. The third-order valence-corrected chi connectivity index (χ3v) is 3.03. The second kappa shape index (κ2) is 6.92. The molecule has 0 bridgehead atoms. The van der Waals surface area contributed by atoms with Crippen molar-refractivity contribution in [3.8, 4) is 0 Å². The lowest BCUT2D eigenvalue weighted by Crippen LogP contribution is -2.38. The summed E-state index contributed by atoms with van der Waals surface area (Å²) in [5.74, 6) is 0. The standard InChI is InChI=1S/C10H17NO3S/c1-14-7-8(6-12)11-5-9(13)10-3-2-4-15-10/h2-4,8-9,11-13H,5-7H2,1H3. The van der Waals surface area contributed by atoms with Crippen LogP contribution in [0.1, 0.15) is 11.0 Å². The molecular formula is C10H17NO3S. The lowest BCUT2D eigenvalue weighted by molar-refractivity contribution is 0.112. The minimum Gasteiger partial charge on any atom is -0.395 e. The molecule has 0 radical (unpaired) electrons. The molecular weight excluding hydrogens is 214 g/mol. The Labute approximate surface area is 93.5 Å². The summed E-state index contributed by atoms with van der Waals surface area (Å²) in [6.45, 7) is 0.869. The second-order valence-corrected chi connectivity index (χ2v) is 4.25. The second-order valence-electron chi connectivity index (χ2n) is 3.27. The van der Waals surface area contributed by atoms with Crippen LogP contribution in [0.15, 0.2) is 17.5 Å². The zero-order valence-electron chi connectivity index (χ0n) is 8.72. The lowest BCUT2D eigenvalue weighted by atomic mass is 10.2. The Balaban J connectivity index is 2.29. The Morgan fingerprint density at radius 1 is 1.60 bits per heavy atom. The number of thiophene rings is 1. The molecule has 0 aromatic carbocycles. The van der Waals surface area contributed by atoms with Crippen LogP contribution in [-0.2, 0) is 4.74 Å². The number of rotatable bonds is 7. The summed E-state index contributed by atoms with van der Waals surface area (Å²) in [5, 5.41) is 23.7. The van der Waals surface area contributed by atoms with Crippen molar-refractivity contribution >= 4 is 11.3 Å². The number of aliphatic hydroxyl groups excluding tert-OH is 2. The van der Waals surface area contributed by atoms with Gasteiger partial charge in [0.1, 0.15) is 6.10 Å². The third-order valence-electron chi connectivity index (χ3n) is 2.06. The van der Waals surface area contributed by atoms with E-state index in [1.165, 1.54) is 11.3 Å². The summed E-state index contributed by atoms with van der Waals surface area (Å²) in [6, 6.07) is 3.67. The highest BCUT2D eigenvalue weighted by Gasteiger charge is 2.11. The van der Waals surface area contributed by atoms with Crippen LogP contribution in [-0.4, -0.2) is 43.1 Å². The van der Waals surface area contributed by atoms with Crippen LogP contribution in [0.5, 0.6) is 0 Å². The van der Waals surface area contributed by atoms with Crippen molar-refractivity contribution in [2.24, 2.45) is 0 Å². The van der Waals surface area contributed by atoms with Crippen molar-refractivity contribution in [3.05, 3.63) is 22.4 Å². The van der Waals surface area contributed by atoms with E-state index in [9.17, 15) is 5.11 Å². The summed E-state index contributed by atoms with van der Waals surface area (Å²) in [5.41, 5.74) is 0. The van der Waals surface area contributed by atoms with E-state index in [-0.39, 0.29) is 12.6 Å². The van der Waals surface area contributed by atoms with Gasteiger partial charge in [-0.25, -0.2) is 0 Å². The first-order chi connectivity index (χ1) is 7.27. The number of methoxy groups -OCH3 is 1.